The molecule has 3 heteroatoms. The molecule has 0 heterocycles. The van der Waals surface area contributed by atoms with Crippen LogP contribution in [-0.2, 0) is 0 Å². The third-order valence-corrected chi connectivity index (χ3v) is 4.25. The van der Waals surface area contributed by atoms with Crippen LogP contribution in [0.2, 0.25) is 0 Å². The molecular weight excluding hydrogens is 168 g/mol. The second-order valence-corrected chi connectivity index (χ2v) is 5.30. The molecular formula is C6H14S3. The van der Waals surface area contributed by atoms with E-state index in [1.807, 2.05) is 21.6 Å². The quantitative estimate of drug-likeness (QED) is 0.524. The van der Waals surface area contributed by atoms with E-state index in [1.54, 1.807) is 0 Å². The van der Waals surface area contributed by atoms with E-state index < -0.39 is 0 Å². The summed E-state index contributed by atoms with van der Waals surface area (Å²) in [6.07, 6.45) is 2.11. The summed E-state index contributed by atoms with van der Waals surface area (Å²) in [5, 5.41) is 0.711. The first-order valence-corrected chi connectivity index (χ1v) is 6.28. The number of hydrogen-bond donors (Lipinski definition) is 1. The van der Waals surface area contributed by atoms with Crippen LogP contribution in [-0.4, -0.2) is 17.3 Å². The van der Waals surface area contributed by atoms with Gasteiger partial charge in [0, 0.05) is 11.0 Å². The monoisotopic (exact) mass is 182 g/mol. The van der Waals surface area contributed by atoms with E-state index in [4.69, 9.17) is 0 Å². The fraction of sp³-hybridized carbons (Fsp3) is 1.00. The molecule has 0 spiro atoms. The maximum atomic E-state index is 4.25. The molecule has 0 bridgehead atoms. The van der Waals surface area contributed by atoms with Crippen molar-refractivity contribution in [1.82, 2.24) is 0 Å². The van der Waals surface area contributed by atoms with E-state index in [-0.39, 0.29) is 0 Å². The smallest absolute Gasteiger partial charge is 0.0262 e. The van der Waals surface area contributed by atoms with Gasteiger partial charge in [-0.2, -0.15) is 12.6 Å². The molecule has 0 radical (unpaired) electrons. The van der Waals surface area contributed by atoms with Gasteiger partial charge in [0.1, 0.15) is 0 Å². The van der Waals surface area contributed by atoms with Crippen LogP contribution in [0.4, 0.5) is 0 Å². The molecule has 56 valence electrons. The molecule has 0 rings (SSSR count). The molecule has 0 aliphatic heterocycles. The second kappa shape index (κ2) is 5.81. The summed E-state index contributed by atoms with van der Waals surface area (Å²) >= 11 is 4.25. The van der Waals surface area contributed by atoms with Crippen LogP contribution < -0.4 is 0 Å². The molecule has 0 aromatic carbocycles. The molecule has 0 nitrogen and oxygen atoms in total. The van der Waals surface area contributed by atoms with Gasteiger partial charge in [-0.3, -0.25) is 0 Å². The first kappa shape index (κ1) is 10.0. The molecule has 1 unspecified atom stereocenters. The highest BCUT2D eigenvalue weighted by atomic mass is 33.1. The Morgan fingerprint density at radius 1 is 1.44 bits per heavy atom. The summed E-state index contributed by atoms with van der Waals surface area (Å²) in [4.78, 5) is 0. The molecule has 0 saturated carbocycles. The van der Waals surface area contributed by atoms with Crippen LogP contribution in [0.3, 0.4) is 0 Å². The van der Waals surface area contributed by atoms with Crippen molar-refractivity contribution in [1.29, 1.82) is 0 Å². The lowest BCUT2D eigenvalue weighted by molar-refractivity contribution is 0.651. The molecule has 0 amide bonds. The van der Waals surface area contributed by atoms with E-state index >= 15 is 0 Å². The SMILES string of the molecule is CSSC(CS)C(C)C. The van der Waals surface area contributed by atoms with E-state index in [0.717, 1.165) is 11.7 Å². The lowest BCUT2D eigenvalue weighted by Gasteiger charge is -2.15. The lowest BCUT2D eigenvalue weighted by atomic mass is 10.1. The summed E-state index contributed by atoms with van der Waals surface area (Å²) < 4.78 is 0. The predicted molar refractivity (Wildman–Crippen MR) is 53.6 cm³/mol. The first-order chi connectivity index (χ1) is 4.22. The van der Waals surface area contributed by atoms with Crippen molar-refractivity contribution in [3.05, 3.63) is 0 Å². The highest BCUT2D eigenvalue weighted by molar-refractivity contribution is 8.76. The van der Waals surface area contributed by atoms with Crippen molar-refractivity contribution in [3.8, 4) is 0 Å². The van der Waals surface area contributed by atoms with Gasteiger partial charge in [-0.25, -0.2) is 0 Å². The van der Waals surface area contributed by atoms with Gasteiger partial charge in [0.2, 0.25) is 0 Å². The Balaban J connectivity index is 3.41. The van der Waals surface area contributed by atoms with Crippen LogP contribution in [0.1, 0.15) is 13.8 Å². The van der Waals surface area contributed by atoms with Crippen LogP contribution in [0.15, 0.2) is 0 Å². The van der Waals surface area contributed by atoms with Gasteiger partial charge in [-0.05, 0) is 12.2 Å². The standard InChI is InChI=1S/C6H14S3/c1-5(2)6(4-7)9-8-3/h5-7H,4H2,1-3H3. The molecule has 0 fully saturated rings. The fourth-order valence-corrected chi connectivity index (χ4v) is 3.57. The maximum Gasteiger partial charge on any atom is 0.0262 e. The van der Waals surface area contributed by atoms with Crippen molar-refractivity contribution in [2.24, 2.45) is 5.92 Å². The fourth-order valence-electron chi connectivity index (χ4n) is 0.476. The zero-order valence-electron chi connectivity index (χ0n) is 6.13. The minimum Gasteiger partial charge on any atom is -0.178 e. The normalized spacial score (nSPS) is 14.3. The molecule has 9 heavy (non-hydrogen) atoms. The molecule has 1 atom stereocenters. The summed E-state index contributed by atoms with van der Waals surface area (Å²) in [5.41, 5.74) is 0. The Morgan fingerprint density at radius 3 is 2.11 bits per heavy atom. The lowest BCUT2D eigenvalue weighted by Crippen LogP contribution is -2.11. The maximum absolute atomic E-state index is 4.25. The van der Waals surface area contributed by atoms with Gasteiger partial charge in [0.15, 0.2) is 0 Å². The minimum atomic E-state index is 0.711. The third-order valence-electron chi connectivity index (χ3n) is 1.14. The van der Waals surface area contributed by atoms with E-state index in [9.17, 15) is 0 Å². The predicted octanol–water partition coefficient (Wildman–Crippen LogP) is 2.95. The van der Waals surface area contributed by atoms with E-state index in [1.165, 1.54) is 0 Å². The average molecular weight is 182 g/mol. The van der Waals surface area contributed by atoms with Crippen molar-refractivity contribution < 1.29 is 0 Å². The highest BCUT2D eigenvalue weighted by Crippen LogP contribution is 2.29. The van der Waals surface area contributed by atoms with E-state index in [2.05, 4.69) is 32.7 Å². The van der Waals surface area contributed by atoms with Crippen molar-refractivity contribution in [2.75, 3.05) is 12.0 Å². The number of hydrogen-bond acceptors (Lipinski definition) is 3. The largest absolute Gasteiger partial charge is 0.178 e. The molecule has 0 saturated heterocycles. The zero-order valence-corrected chi connectivity index (χ0v) is 8.65. The van der Waals surface area contributed by atoms with E-state index in [0.29, 0.717) is 5.25 Å². The first-order valence-electron chi connectivity index (χ1n) is 3.02. The summed E-state index contributed by atoms with van der Waals surface area (Å²) in [6, 6.07) is 0. The van der Waals surface area contributed by atoms with Crippen LogP contribution in [0, 0.1) is 5.92 Å². The zero-order chi connectivity index (χ0) is 7.28. The van der Waals surface area contributed by atoms with Gasteiger partial charge in [0.25, 0.3) is 0 Å². The van der Waals surface area contributed by atoms with Gasteiger partial charge in [-0.1, -0.05) is 35.4 Å². The topological polar surface area (TPSA) is 0 Å². The highest BCUT2D eigenvalue weighted by Gasteiger charge is 2.10. The second-order valence-electron chi connectivity index (χ2n) is 2.23. The number of thiol groups is 1. The average Bonchev–Trinajstić information content (AvgIpc) is 1.82. The summed E-state index contributed by atoms with van der Waals surface area (Å²) in [7, 11) is 3.76. The van der Waals surface area contributed by atoms with Crippen LogP contribution >= 0.6 is 34.2 Å². The van der Waals surface area contributed by atoms with Crippen molar-refractivity contribution in [2.45, 2.75) is 19.1 Å². The molecule has 0 aromatic rings. The summed E-state index contributed by atoms with van der Waals surface area (Å²) in [5.74, 6) is 1.74. The molecule has 0 aliphatic carbocycles. The molecule has 0 N–H and O–H groups in total. The molecule has 0 aliphatic rings. The Labute approximate surface area is 71.4 Å². The van der Waals surface area contributed by atoms with Gasteiger partial charge < -0.3 is 0 Å². The van der Waals surface area contributed by atoms with Crippen LogP contribution in [0.5, 0.6) is 0 Å². The Kier molecular flexibility index (Phi) is 6.48. The Hall–Kier alpha value is 1.05. The molecule has 0 aromatic heterocycles. The Bertz CT molecular complexity index is 63.3. The Morgan fingerprint density at radius 2 is 2.00 bits per heavy atom. The third kappa shape index (κ3) is 4.45. The number of rotatable bonds is 4. The van der Waals surface area contributed by atoms with Crippen LogP contribution in [0.25, 0.3) is 0 Å². The summed E-state index contributed by atoms with van der Waals surface area (Å²) in [6.45, 7) is 4.48. The van der Waals surface area contributed by atoms with Crippen molar-refractivity contribution >= 4 is 34.2 Å². The van der Waals surface area contributed by atoms with Crippen molar-refractivity contribution in [3.63, 3.8) is 0 Å². The van der Waals surface area contributed by atoms with Gasteiger partial charge >= 0.3 is 0 Å². The van der Waals surface area contributed by atoms with Gasteiger partial charge in [-0.15, -0.1) is 0 Å². The van der Waals surface area contributed by atoms with Gasteiger partial charge in [0.05, 0.1) is 0 Å². The minimum absolute atomic E-state index is 0.711.